The van der Waals surface area contributed by atoms with Crippen LogP contribution in [0.2, 0.25) is 0 Å². The smallest absolute Gasteiger partial charge is 0.125 e. The van der Waals surface area contributed by atoms with E-state index < -0.39 is 0 Å². The third-order valence-electron chi connectivity index (χ3n) is 2.79. The van der Waals surface area contributed by atoms with Crippen LogP contribution in [0.25, 0.3) is 0 Å². The van der Waals surface area contributed by atoms with Crippen LogP contribution in [0.3, 0.4) is 0 Å². The van der Waals surface area contributed by atoms with Gasteiger partial charge in [-0.3, -0.25) is 0 Å². The summed E-state index contributed by atoms with van der Waals surface area (Å²) in [5.41, 5.74) is 9.27. The number of aliphatic hydroxyl groups excluding tert-OH is 1. The maximum absolute atomic E-state index is 8.88. The van der Waals surface area contributed by atoms with E-state index in [0.717, 1.165) is 5.56 Å². The Bertz CT molecular complexity index is 488. The van der Waals surface area contributed by atoms with Crippen molar-refractivity contribution in [1.29, 1.82) is 0 Å². The van der Waals surface area contributed by atoms with Gasteiger partial charge in [-0.05, 0) is 12.5 Å². The zero-order chi connectivity index (χ0) is 12.3. The Labute approximate surface area is 101 Å². The Morgan fingerprint density at radius 3 is 2.65 bits per heavy atom. The van der Waals surface area contributed by atoms with Gasteiger partial charge in [0.05, 0.1) is 12.7 Å². The van der Waals surface area contributed by atoms with E-state index in [0.29, 0.717) is 18.8 Å². The third kappa shape index (κ3) is 2.65. The molecule has 0 amide bonds. The van der Waals surface area contributed by atoms with Gasteiger partial charge in [-0.15, -0.1) is 0 Å². The molecule has 0 bridgehead atoms. The average Bonchev–Trinajstić information content (AvgIpc) is 2.65. The monoisotopic (exact) mass is 231 g/mol. The van der Waals surface area contributed by atoms with Crippen molar-refractivity contribution in [3.63, 3.8) is 0 Å². The lowest BCUT2D eigenvalue weighted by atomic mass is 10.1. The van der Waals surface area contributed by atoms with Crippen LogP contribution in [-0.2, 0) is 13.0 Å². The Morgan fingerprint density at radius 2 is 2.00 bits per heavy atom. The fourth-order valence-corrected chi connectivity index (χ4v) is 1.74. The lowest BCUT2D eigenvalue weighted by Gasteiger charge is -2.05. The normalized spacial score (nSPS) is 10.7. The third-order valence-corrected chi connectivity index (χ3v) is 2.79. The molecule has 0 unspecified atom stereocenters. The van der Waals surface area contributed by atoms with Crippen molar-refractivity contribution in [2.24, 2.45) is 0 Å². The first kappa shape index (κ1) is 11.7. The van der Waals surface area contributed by atoms with E-state index in [9.17, 15) is 0 Å². The molecule has 0 radical (unpaired) electrons. The molecule has 2 aromatic rings. The van der Waals surface area contributed by atoms with E-state index in [1.54, 1.807) is 10.9 Å². The molecule has 17 heavy (non-hydrogen) atoms. The van der Waals surface area contributed by atoms with E-state index in [4.69, 9.17) is 10.8 Å². The predicted octanol–water partition coefficient (Wildman–Crippen LogP) is 1.36. The first-order valence-corrected chi connectivity index (χ1v) is 5.67. The van der Waals surface area contributed by atoms with Gasteiger partial charge in [0.25, 0.3) is 0 Å². The van der Waals surface area contributed by atoms with Crippen molar-refractivity contribution in [1.82, 2.24) is 9.78 Å². The number of aromatic nitrogens is 2. The van der Waals surface area contributed by atoms with Crippen molar-refractivity contribution >= 4 is 5.82 Å². The average molecular weight is 231 g/mol. The maximum Gasteiger partial charge on any atom is 0.125 e. The number of benzene rings is 1. The lowest BCUT2D eigenvalue weighted by Crippen LogP contribution is -2.07. The van der Waals surface area contributed by atoms with Crippen LogP contribution in [-0.4, -0.2) is 21.5 Å². The number of aliphatic hydroxyl groups is 1. The molecule has 0 saturated carbocycles. The second-order valence-electron chi connectivity index (χ2n) is 4.17. The number of nitrogen functional groups attached to an aromatic ring is 1. The zero-order valence-electron chi connectivity index (χ0n) is 9.93. The standard InChI is InChI=1S/C13H17N3O/c1-10-2-4-11(5-3-10)9-16-13(14)12(6-7-17)8-15-16/h2-5,8,17H,6-7,9,14H2,1H3. The summed E-state index contributed by atoms with van der Waals surface area (Å²) in [6, 6.07) is 8.29. The summed E-state index contributed by atoms with van der Waals surface area (Å²) in [6.45, 7) is 2.82. The number of nitrogens with zero attached hydrogens (tertiary/aromatic N) is 2. The fourth-order valence-electron chi connectivity index (χ4n) is 1.74. The summed E-state index contributed by atoms with van der Waals surface area (Å²) in [7, 11) is 0. The summed E-state index contributed by atoms with van der Waals surface area (Å²) < 4.78 is 1.76. The van der Waals surface area contributed by atoms with Gasteiger partial charge in [0.2, 0.25) is 0 Å². The van der Waals surface area contributed by atoms with Gasteiger partial charge in [0, 0.05) is 18.6 Å². The quantitative estimate of drug-likeness (QED) is 0.835. The molecule has 0 saturated heterocycles. The SMILES string of the molecule is Cc1ccc(Cn2ncc(CCO)c2N)cc1. The molecule has 2 rings (SSSR count). The Morgan fingerprint density at radius 1 is 1.29 bits per heavy atom. The molecule has 0 aliphatic carbocycles. The molecule has 0 aliphatic heterocycles. The molecule has 1 aromatic carbocycles. The number of hydrogen-bond acceptors (Lipinski definition) is 3. The second kappa shape index (κ2) is 5.01. The molecular formula is C13H17N3O. The van der Waals surface area contributed by atoms with Gasteiger partial charge >= 0.3 is 0 Å². The van der Waals surface area contributed by atoms with Gasteiger partial charge in [0.1, 0.15) is 5.82 Å². The topological polar surface area (TPSA) is 64.1 Å². The van der Waals surface area contributed by atoms with Crippen LogP contribution in [0.5, 0.6) is 0 Å². The van der Waals surface area contributed by atoms with Crippen LogP contribution >= 0.6 is 0 Å². The van der Waals surface area contributed by atoms with Crippen molar-refractivity contribution in [2.45, 2.75) is 19.9 Å². The summed E-state index contributed by atoms with van der Waals surface area (Å²) in [5.74, 6) is 0.639. The van der Waals surface area contributed by atoms with Crippen molar-refractivity contribution in [2.75, 3.05) is 12.3 Å². The van der Waals surface area contributed by atoms with E-state index in [2.05, 4.69) is 36.3 Å². The summed E-state index contributed by atoms with van der Waals surface area (Å²) in [5, 5.41) is 13.1. The van der Waals surface area contributed by atoms with Crippen LogP contribution in [0, 0.1) is 6.92 Å². The number of anilines is 1. The minimum absolute atomic E-state index is 0.0976. The molecule has 4 heteroatoms. The van der Waals surface area contributed by atoms with Crippen molar-refractivity contribution in [3.05, 3.63) is 47.2 Å². The second-order valence-corrected chi connectivity index (χ2v) is 4.17. The molecule has 0 aliphatic rings. The fraction of sp³-hybridized carbons (Fsp3) is 0.308. The van der Waals surface area contributed by atoms with Gasteiger partial charge in [-0.25, -0.2) is 4.68 Å². The van der Waals surface area contributed by atoms with Crippen LogP contribution in [0.15, 0.2) is 30.5 Å². The molecule has 0 spiro atoms. The number of hydrogen-bond donors (Lipinski definition) is 2. The van der Waals surface area contributed by atoms with Gasteiger partial charge in [-0.1, -0.05) is 29.8 Å². The van der Waals surface area contributed by atoms with Gasteiger partial charge in [-0.2, -0.15) is 5.10 Å². The maximum atomic E-state index is 8.88. The highest BCUT2D eigenvalue weighted by Gasteiger charge is 2.06. The Hall–Kier alpha value is -1.81. The van der Waals surface area contributed by atoms with Crippen LogP contribution in [0.1, 0.15) is 16.7 Å². The minimum atomic E-state index is 0.0976. The van der Waals surface area contributed by atoms with E-state index in [-0.39, 0.29) is 6.61 Å². The molecule has 0 atom stereocenters. The number of nitrogens with two attached hydrogens (primary N) is 1. The molecular weight excluding hydrogens is 214 g/mol. The predicted molar refractivity (Wildman–Crippen MR) is 67.7 cm³/mol. The van der Waals surface area contributed by atoms with Gasteiger partial charge < -0.3 is 10.8 Å². The zero-order valence-corrected chi connectivity index (χ0v) is 9.93. The van der Waals surface area contributed by atoms with E-state index in [1.807, 2.05) is 0 Å². The highest BCUT2D eigenvalue weighted by Crippen LogP contribution is 2.14. The van der Waals surface area contributed by atoms with Gasteiger partial charge in [0.15, 0.2) is 0 Å². The molecule has 90 valence electrons. The summed E-state index contributed by atoms with van der Waals surface area (Å²) in [6.07, 6.45) is 2.28. The summed E-state index contributed by atoms with van der Waals surface area (Å²) in [4.78, 5) is 0. The van der Waals surface area contributed by atoms with Crippen molar-refractivity contribution < 1.29 is 5.11 Å². The van der Waals surface area contributed by atoms with E-state index in [1.165, 1.54) is 11.1 Å². The molecule has 1 heterocycles. The molecule has 0 fully saturated rings. The number of rotatable bonds is 4. The minimum Gasteiger partial charge on any atom is -0.396 e. The summed E-state index contributed by atoms with van der Waals surface area (Å²) >= 11 is 0. The lowest BCUT2D eigenvalue weighted by molar-refractivity contribution is 0.300. The Balaban J connectivity index is 2.16. The van der Waals surface area contributed by atoms with Crippen molar-refractivity contribution in [3.8, 4) is 0 Å². The number of aryl methyl sites for hydroxylation is 1. The molecule has 4 nitrogen and oxygen atoms in total. The first-order valence-electron chi connectivity index (χ1n) is 5.67. The molecule has 1 aromatic heterocycles. The largest absolute Gasteiger partial charge is 0.396 e. The highest BCUT2D eigenvalue weighted by atomic mass is 16.2. The molecule has 3 N–H and O–H groups in total. The van der Waals surface area contributed by atoms with E-state index >= 15 is 0 Å². The van der Waals surface area contributed by atoms with Crippen LogP contribution < -0.4 is 5.73 Å². The Kier molecular flexibility index (Phi) is 3.44. The first-order chi connectivity index (χ1) is 8.20. The van der Waals surface area contributed by atoms with Crippen LogP contribution in [0.4, 0.5) is 5.82 Å². The highest BCUT2D eigenvalue weighted by molar-refractivity contribution is 5.39.